The molecule has 4 aliphatic rings. The lowest BCUT2D eigenvalue weighted by Crippen LogP contribution is -2.62. The van der Waals surface area contributed by atoms with Gasteiger partial charge in [-0.2, -0.15) is 0 Å². The van der Waals surface area contributed by atoms with E-state index in [0.29, 0.717) is 11.5 Å². The lowest BCUT2D eigenvalue weighted by atomic mass is 9.52. The van der Waals surface area contributed by atoms with Gasteiger partial charge in [0, 0.05) is 5.56 Å². The van der Waals surface area contributed by atoms with E-state index in [1.807, 2.05) is 35.2 Å². The zero-order valence-corrected chi connectivity index (χ0v) is 14.2. The summed E-state index contributed by atoms with van der Waals surface area (Å²) in [5, 5.41) is 0. The van der Waals surface area contributed by atoms with Gasteiger partial charge in [0.2, 0.25) is 5.95 Å². The largest absolute Gasteiger partial charge is 0.270 e. The minimum Gasteiger partial charge on any atom is -0.270 e. The highest BCUT2D eigenvalue weighted by atomic mass is 16.2. The van der Waals surface area contributed by atoms with Crippen LogP contribution in [0.3, 0.4) is 0 Å². The van der Waals surface area contributed by atoms with E-state index in [0.717, 1.165) is 37.0 Å². The summed E-state index contributed by atoms with van der Waals surface area (Å²) in [7, 11) is 0. The van der Waals surface area contributed by atoms with Crippen molar-refractivity contribution in [3.05, 3.63) is 48.5 Å². The summed E-state index contributed by atoms with van der Waals surface area (Å²) in [6.45, 7) is 0. The molecule has 4 saturated carbocycles. The van der Waals surface area contributed by atoms with E-state index in [1.165, 1.54) is 31.9 Å². The summed E-state index contributed by atoms with van der Waals surface area (Å²) in [5.41, 5.74) is 0.585. The lowest BCUT2D eigenvalue weighted by Gasteiger charge is -2.59. The smallest absolute Gasteiger partial charge is 0.261 e. The Morgan fingerprint density at radius 1 is 0.920 bits per heavy atom. The minimum absolute atomic E-state index is 0.0220. The minimum atomic E-state index is -0.122. The topological polar surface area (TPSA) is 59.0 Å². The fourth-order valence-corrected chi connectivity index (χ4v) is 5.92. The summed E-state index contributed by atoms with van der Waals surface area (Å²) in [6, 6.07) is 9.54. The Morgan fingerprint density at radius 3 is 2.04 bits per heavy atom. The van der Waals surface area contributed by atoms with Gasteiger partial charge in [0.05, 0.1) is 5.54 Å². The van der Waals surface area contributed by atoms with Crippen LogP contribution in [0.1, 0.15) is 48.9 Å². The molecular weight excluding hydrogens is 312 g/mol. The number of carbonyl (C=O) groups excluding carboxylic acids is 1. The molecule has 1 heterocycles. The number of aromatic nitrogens is 3. The molecule has 0 saturated heterocycles. The maximum absolute atomic E-state index is 13.5. The van der Waals surface area contributed by atoms with Gasteiger partial charge in [-0.15, -0.1) is 0 Å². The van der Waals surface area contributed by atoms with Gasteiger partial charge in [0.1, 0.15) is 12.7 Å². The number of hydrogen-bond donors (Lipinski definition) is 0. The lowest BCUT2D eigenvalue weighted by molar-refractivity contribution is -0.00373. The van der Waals surface area contributed by atoms with Gasteiger partial charge in [-0.1, -0.05) is 18.2 Å². The van der Waals surface area contributed by atoms with E-state index >= 15 is 0 Å². The molecule has 4 aliphatic carbocycles. The molecule has 5 heteroatoms. The molecule has 5 nitrogen and oxygen atoms in total. The first-order chi connectivity index (χ1) is 12.2. The third kappa shape index (κ3) is 2.44. The fourth-order valence-electron chi connectivity index (χ4n) is 5.92. The molecule has 2 aromatic rings. The van der Waals surface area contributed by atoms with E-state index in [9.17, 15) is 4.79 Å². The molecule has 128 valence electrons. The van der Waals surface area contributed by atoms with Crippen molar-refractivity contribution >= 4 is 11.9 Å². The van der Waals surface area contributed by atoms with Crippen molar-refractivity contribution in [1.29, 1.82) is 0 Å². The molecule has 0 atom stereocenters. The van der Waals surface area contributed by atoms with E-state index in [-0.39, 0.29) is 11.4 Å². The molecule has 1 aromatic heterocycles. The van der Waals surface area contributed by atoms with Crippen LogP contribution in [0.15, 0.2) is 43.0 Å². The van der Waals surface area contributed by atoms with Crippen LogP contribution in [0.2, 0.25) is 0 Å². The number of nitrogens with zero attached hydrogens (tertiary/aromatic N) is 4. The molecule has 4 fully saturated rings. The van der Waals surface area contributed by atoms with Crippen molar-refractivity contribution in [1.82, 2.24) is 15.0 Å². The van der Waals surface area contributed by atoms with Gasteiger partial charge in [-0.3, -0.25) is 9.69 Å². The summed E-state index contributed by atoms with van der Waals surface area (Å²) in [4.78, 5) is 28.1. The Hall–Kier alpha value is -2.30. The molecule has 0 unspecified atom stereocenters. The van der Waals surface area contributed by atoms with Crippen molar-refractivity contribution in [2.75, 3.05) is 4.90 Å². The van der Waals surface area contributed by atoms with Crippen LogP contribution >= 0.6 is 0 Å². The number of anilines is 1. The molecule has 0 N–H and O–H groups in total. The Labute approximate surface area is 147 Å². The second kappa shape index (κ2) is 5.61. The fraction of sp³-hybridized carbons (Fsp3) is 0.500. The summed E-state index contributed by atoms with van der Waals surface area (Å²) in [6.07, 6.45) is 10.3. The monoisotopic (exact) mass is 334 g/mol. The maximum atomic E-state index is 13.5. The average Bonchev–Trinajstić information content (AvgIpc) is 2.62. The van der Waals surface area contributed by atoms with Gasteiger partial charge in [0.25, 0.3) is 5.91 Å². The third-order valence-corrected chi connectivity index (χ3v) is 6.38. The maximum Gasteiger partial charge on any atom is 0.261 e. The Morgan fingerprint density at radius 2 is 1.48 bits per heavy atom. The van der Waals surface area contributed by atoms with Gasteiger partial charge in [-0.05, 0) is 68.4 Å². The van der Waals surface area contributed by atoms with Crippen molar-refractivity contribution < 1.29 is 4.79 Å². The quantitative estimate of drug-likeness (QED) is 0.862. The first-order valence-corrected chi connectivity index (χ1v) is 9.25. The first kappa shape index (κ1) is 15.0. The average molecular weight is 334 g/mol. The zero-order valence-electron chi connectivity index (χ0n) is 14.2. The SMILES string of the molecule is O=C(c1ccccc1)N(c1ncncn1)C12CC3CC(CC(C3)C1)C2. The van der Waals surface area contributed by atoms with Crippen LogP contribution in [-0.4, -0.2) is 26.4 Å². The van der Waals surface area contributed by atoms with Crippen LogP contribution < -0.4 is 4.90 Å². The van der Waals surface area contributed by atoms with Crippen molar-refractivity contribution in [3.8, 4) is 0 Å². The van der Waals surface area contributed by atoms with Crippen LogP contribution in [0, 0.1) is 17.8 Å². The summed E-state index contributed by atoms with van der Waals surface area (Å²) < 4.78 is 0. The second-order valence-electron chi connectivity index (χ2n) is 8.09. The molecule has 0 radical (unpaired) electrons. The van der Waals surface area contributed by atoms with Crippen molar-refractivity contribution in [2.24, 2.45) is 17.8 Å². The van der Waals surface area contributed by atoms with Gasteiger partial charge < -0.3 is 0 Å². The number of carbonyl (C=O) groups is 1. The Bertz CT molecular complexity index is 742. The molecule has 25 heavy (non-hydrogen) atoms. The summed E-state index contributed by atoms with van der Waals surface area (Å²) >= 11 is 0. The molecule has 6 rings (SSSR count). The molecule has 0 aliphatic heterocycles. The molecule has 1 aromatic carbocycles. The van der Waals surface area contributed by atoms with E-state index in [1.54, 1.807) is 0 Å². The standard InChI is InChI=1S/C20H22N4O/c25-18(17-4-2-1-3-5-17)24(19-22-12-21-13-23-19)20-9-14-6-15(10-20)8-16(7-14)11-20/h1-5,12-16H,6-11H2. The molecular formula is C20H22N4O. The second-order valence-corrected chi connectivity index (χ2v) is 8.09. The normalized spacial score (nSPS) is 32.6. The van der Waals surface area contributed by atoms with Gasteiger partial charge in [0.15, 0.2) is 0 Å². The summed E-state index contributed by atoms with van der Waals surface area (Å²) in [5.74, 6) is 2.78. The van der Waals surface area contributed by atoms with Crippen molar-refractivity contribution in [2.45, 2.75) is 44.1 Å². The predicted molar refractivity (Wildman–Crippen MR) is 94.0 cm³/mol. The highest BCUT2D eigenvalue weighted by molar-refractivity contribution is 6.06. The predicted octanol–water partition coefficient (Wildman–Crippen LogP) is 3.49. The number of benzene rings is 1. The highest BCUT2D eigenvalue weighted by Gasteiger charge is 2.55. The van der Waals surface area contributed by atoms with Gasteiger partial charge >= 0.3 is 0 Å². The van der Waals surface area contributed by atoms with E-state index in [2.05, 4.69) is 15.0 Å². The van der Waals surface area contributed by atoms with E-state index < -0.39 is 0 Å². The molecule has 1 amide bonds. The van der Waals surface area contributed by atoms with Crippen molar-refractivity contribution in [3.63, 3.8) is 0 Å². The third-order valence-electron chi connectivity index (χ3n) is 6.38. The van der Waals surface area contributed by atoms with Crippen LogP contribution in [-0.2, 0) is 0 Å². The Balaban J connectivity index is 1.60. The van der Waals surface area contributed by atoms with Crippen LogP contribution in [0.5, 0.6) is 0 Å². The molecule has 0 spiro atoms. The first-order valence-electron chi connectivity index (χ1n) is 9.25. The number of hydrogen-bond acceptors (Lipinski definition) is 4. The highest BCUT2D eigenvalue weighted by Crippen LogP contribution is 2.58. The van der Waals surface area contributed by atoms with Gasteiger partial charge in [-0.25, -0.2) is 15.0 Å². The number of rotatable bonds is 3. The van der Waals surface area contributed by atoms with E-state index in [4.69, 9.17) is 0 Å². The Kier molecular flexibility index (Phi) is 3.37. The van der Waals surface area contributed by atoms with Crippen LogP contribution in [0.25, 0.3) is 0 Å². The van der Waals surface area contributed by atoms with Crippen LogP contribution in [0.4, 0.5) is 5.95 Å². The molecule has 4 bridgehead atoms. The zero-order chi connectivity index (χ0) is 16.9. The number of amides is 1.